The minimum Gasteiger partial charge on any atom is -0.490 e. The van der Waals surface area contributed by atoms with Crippen molar-refractivity contribution in [2.24, 2.45) is 0 Å². The molecule has 0 amide bonds. The highest BCUT2D eigenvalue weighted by molar-refractivity contribution is 6.32. The lowest BCUT2D eigenvalue weighted by Crippen LogP contribution is -2.13. The molecule has 0 bridgehead atoms. The quantitative estimate of drug-likeness (QED) is 0.460. The van der Waals surface area contributed by atoms with Gasteiger partial charge < -0.3 is 14.8 Å². The number of halogens is 2. The average Bonchev–Trinajstić information content (AvgIpc) is 2.69. The van der Waals surface area contributed by atoms with Crippen LogP contribution in [0.25, 0.3) is 0 Å². The number of ether oxygens (including phenoxy) is 2. The second-order valence-corrected chi connectivity index (χ2v) is 6.61. The molecule has 0 unspecified atom stereocenters. The first kappa shape index (κ1) is 22.1. The summed E-state index contributed by atoms with van der Waals surface area (Å²) in [5.74, 6) is 1.27. The summed E-state index contributed by atoms with van der Waals surface area (Å²) in [4.78, 5) is 0. The zero-order valence-corrected chi connectivity index (χ0v) is 17.4. The van der Waals surface area contributed by atoms with E-state index in [1.54, 1.807) is 0 Å². The van der Waals surface area contributed by atoms with E-state index in [1.807, 2.05) is 67.6 Å². The van der Waals surface area contributed by atoms with Crippen LogP contribution in [-0.2, 0) is 19.7 Å². The van der Waals surface area contributed by atoms with E-state index in [0.717, 1.165) is 17.7 Å². The van der Waals surface area contributed by atoms with Gasteiger partial charge in [-0.2, -0.15) is 0 Å². The Kier molecular flexibility index (Phi) is 9.15. The van der Waals surface area contributed by atoms with Crippen molar-refractivity contribution in [2.75, 3.05) is 6.61 Å². The largest absolute Gasteiger partial charge is 0.490 e. The molecular weight excluding hydrogens is 393 g/mol. The lowest BCUT2D eigenvalue weighted by molar-refractivity contribution is 0.269. The fraction of sp³-hybridized carbons (Fsp3) is 0.217. The molecule has 0 saturated carbocycles. The predicted molar refractivity (Wildman–Crippen MR) is 118 cm³/mol. The van der Waals surface area contributed by atoms with Gasteiger partial charge in [0, 0.05) is 13.1 Å². The van der Waals surface area contributed by atoms with Crippen LogP contribution in [-0.4, -0.2) is 6.61 Å². The van der Waals surface area contributed by atoms with Crippen LogP contribution in [0.5, 0.6) is 11.5 Å². The van der Waals surface area contributed by atoms with E-state index in [1.165, 1.54) is 5.56 Å². The monoisotopic (exact) mass is 417 g/mol. The van der Waals surface area contributed by atoms with E-state index in [-0.39, 0.29) is 12.4 Å². The number of benzene rings is 3. The maximum atomic E-state index is 6.50. The van der Waals surface area contributed by atoms with E-state index in [9.17, 15) is 0 Å². The summed E-state index contributed by atoms with van der Waals surface area (Å²) >= 11 is 6.50. The molecule has 0 aliphatic carbocycles. The molecule has 0 spiro atoms. The first-order valence-electron chi connectivity index (χ1n) is 9.13. The Morgan fingerprint density at radius 2 is 1.39 bits per heavy atom. The van der Waals surface area contributed by atoms with E-state index >= 15 is 0 Å². The van der Waals surface area contributed by atoms with E-state index in [0.29, 0.717) is 36.3 Å². The van der Waals surface area contributed by atoms with Crippen LogP contribution in [0.15, 0.2) is 72.8 Å². The van der Waals surface area contributed by atoms with Gasteiger partial charge in [-0.05, 0) is 35.7 Å². The van der Waals surface area contributed by atoms with Gasteiger partial charge in [0.15, 0.2) is 11.5 Å². The molecule has 0 atom stereocenters. The predicted octanol–water partition coefficient (Wildman–Crippen LogP) is 6.03. The van der Waals surface area contributed by atoms with Gasteiger partial charge in [-0.15, -0.1) is 12.4 Å². The van der Waals surface area contributed by atoms with Crippen LogP contribution in [0, 0.1) is 0 Å². The summed E-state index contributed by atoms with van der Waals surface area (Å²) in [6.45, 7) is 4.46. The molecule has 1 N–H and O–H groups in total. The molecule has 0 aromatic heterocycles. The van der Waals surface area contributed by atoms with Crippen LogP contribution >= 0.6 is 24.0 Å². The molecule has 0 aliphatic rings. The minimum atomic E-state index is 0. The number of hydrogen-bond donors (Lipinski definition) is 1. The molecule has 3 aromatic rings. The van der Waals surface area contributed by atoms with Crippen molar-refractivity contribution in [1.29, 1.82) is 0 Å². The molecule has 28 heavy (non-hydrogen) atoms. The molecule has 3 aromatic carbocycles. The van der Waals surface area contributed by atoms with Crippen molar-refractivity contribution in [2.45, 2.75) is 26.6 Å². The third-order valence-corrected chi connectivity index (χ3v) is 4.38. The summed E-state index contributed by atoms with van der Waals surface area (Å²) in [6, 6.07) is 24.3. The molecule has 0 aliphatic heterocycles. The molecule has 5 heteroatoms. The second-order valence-electron chi connectivity index (χ2n) is 6.20. The maximum Gasteiger partial charge on any atom is 0.180 e. The fourth-order valence-electron chi connectivity index (χ4n) is 2.80. The van der Waals surface area contributed by atoms with Gasteiger partial charge in [0.05, 0.1) is 11.6 Å². The van der Waals surface area contributed by atoms with Gasteiger partial charge in [-0.1, -0.05) is 72.3 Å². The van der Waals surface area contributed by atoms with E-state index < -0.39 is 0 Å². The molecule has 0 saturated heterocycles. The van der Waals surface area contributed by atoms with E-state index in [4.69, 9.17) is 21.1 Å². The van der Waals surface area contributed by atoms with Gasteiger partial charge in [0.1, 0.15) is 6.61 Å². The van der Waals surface area contributed by atoms with Gasteiger partial charge in [0.25, 0.3) is 0 Å². The molecule has 3 nitrogen and oxygen atoms in total. The van der Waals surface area contributed by atoms with Crippen molar-refractivity contribution >= 4 is 24.0 Å². The Labute approximate surface area is 178 Å². The molecular formula is C23H25Cl2NO2. The summed E-state index contributed by atoms with van der Waals surface area (Å²) in [6.07, 6.45) is 0. The van der Waals surface area contributed by atoms with Crippen molar-refractivity contribution in [3.8, 4) is 11.5 Å². The van der Waals surface area contributed by atoms with Crippen molar-refractivity contribution in [3.63, 3.8) is 0 Å². The van der Waals surface area contributed by atoms with Crippen molar-refractivity contribution < 1.29 is 9.47 Å². The summed E-state index contributed by atoms with van der Waals surface area (Å²) < 4.78 is 11.7. The summed E-state index contributed by atoms with van der Waals surface area (Å²) in [7, 11) is 0. The van der Waals surface area contributed by atoms with Gasteiger partial charge >= 0.3 is 0 Å². The lowest BCUT2D eigenvalue weighted by Gasteiger charge is -2.16. The van der Waals surface area contributed by atoms with Gasteiger partial charge in [-0.25, -0.2) is 0 Å². The van der Waals surface area contributed by atoms with Crippen LogP contribution in [0.1, 0.15) is 23.6 Å². The molecule has 3 rings (SSSR count). The standard InChI is InChI=1S/C23H24ClNO2.ClH/c1-2-26-22-14-20(16-25-15-18-9-5-3-6-10-18)13-21(24)23(22)27-17-19-11-7-4-8-12-19;/h3-14,25H,2,15-17H2,1H3;1H. The van der Waals surface area contributed by atoms with Gasteiger partial charge in [-0.3, -0.25) is 0 Å². The number of nitrogens with one attached hydrogen (secondary N) is 1. The maximum absolute atomic E-state index is 6.50. The van der Waals surface area contributed by atoms with Crippen LogP contribution < -0.4 is 14.8 Å². The highest BCUT2D eigenvalue weighted by Gasteiger charge is 2.13. The van der Waals surface area contributed by atoms with Crippen LogP contribution in [0.2, 0.25) is 5.02 Å². The smallest absolute Gasteiger partial charge is 0.180 e. The second kappa shape index (κ2) is 11.6. The Morgan fingerprint density at radius 3 is 2.04 bits per heavy atom. The fourth-order valence-corrected chi connectivity index (χ4v) is 3.09. The Bertz CT molecular complexity index is 842. The van der Waals surface area contributed by atoms with Crippen LogP contribution in [0.4, 0.5) is 0 Å². The number of hydrogen-bond acceptors (Lipinski definition) is 3. The molecule has 0 radical (unpaired) electrons. The van der Waals surface area contributed by atoms with Crippen LogP contribution in [0.3, 0.4) is 0 Å². The minimum absolute atomic E-state index is 0. The van der Waals surface area contributed by atoms with Crippen molar-refractivity contribution in [1.82, 2.24) is 5.32 Å². The zero-order chi connectivity index (χ0) is 18.9. The summed E-state index contributed by atoms with van der Waals surface area (Å²) in [5, 5.41) is 4.00. The highest BCUT2D eigenvalue weighted by atomic mass is 35.5. The van der Waals surface area contributed by atoms with Gasteiger partial charge in [0.2, 0.25) is 0 Å². The highest BCUT2D eigenvalue weighted by Crippen LogP contribution is 2.37. The SMILES string of the molecule is CCOc1cc(CNCc2ccccc2)cc(Cl)c1OCc1ccccc1.Cl. The van der Waals surface area contributed by atoms with Crippen molar-refractivity contribution in [3.05, 3.63) is 94.5 Å². The Morgan fingerprint density at radius 1 is 0.786 bits per heavy atom. The number of rotatable bonds is 9. The average molecular weight is 418 g/mol. The molecule has 0 heterocycles. The zero-order valence-electron chi connectivity index (χ0n) is 15.9. The third-order valence-electron chi connectivity index (χ3n) is 4.10. The topological polar surface area (TPSA) is 30.5 Å². The Balaban J connectivity index is 0.00000280. The molecule has 0 fully saturated rings. The summed E-state index contributed by atoms with van der Waals surface area (Å²) in [5.41, 5.74) is 3.40. The first-order chi connectivity index (χ1) is 13.3. The third kappa shape index (κ3) is 6.45. The molecule has 148 valence electrons. The first-order valence-corrected chi connectivity index (χ1v) is 9.50. The normalized spacial score (nSPS) is 10.2. The van der Waals surface area contributed by atoms with E-state index in [2.05, 4.69) is 17.4 Å². The Hall–Kier alpha value is -2.20. The lowest BCUT2D eigenvalue weighted by atomic mass is 10.1.